The first-order valence-electron chi connectivity index (χ1n) is 10.3. The van der Waals surface area contributed by atoms with Gasteiger partial charge < -0.3 is 24.8 Å². The predicted molar refractivity (Wildman–Crippen MR) is 117 cm³/mol. The summed E-state index contributed by atoms with van der Waals surface area (Å²) in [6.45, 7) is 0.196. The summed E-state index contributed by atoms with van der Waals surface area (Å²) in [7, 11) is 1.70. The zero-order valence-corrected chi connectivity index (χ0v) is 18.2. The van der Waals surface area contributed by atoms with Crippen LogP contribution in [-0.2, 0) is 9.53 Å². The van der Waals surface area contributed by atoms with Crippen molar-refractivity contribution in [1.29, 1.82) is 0 Å². The molecule has 32 heavy (non-hydrogen) atoms. The fourth-order valence-electron chi connectivity index (χ4n) is 4.10. The number of hydrogen-bond donors (Lipinski definition) is 2. The standard InChI is InChI=1S/C23H23ClN2O6/c1-26-18-8-7-16(11-21(27)28)32-20(18)12-31-19-9-6-15(10-17(19)23(26)30)25-22(29)13-2-4-14(24)5-3-13/h2-6,9-10,16,18,20H,7-8,11-12H2,1H3,(H,25,29)(H,27,28)/t16-,18+,20-/m0/s1. The van der Waals surface area contributed by atoms with Crippen molar-refractivity contribution in [3.8, 4) is 5.75 Å². The lowest BCUT2D eigenvalue weighted by molar-refractivity contribution is -0.148. The number of anilines is 1. The molecule has 2 aromatic rings. The Labute approximate surface area is 190 Å². The van der Waals surface area contributed by atoms with Crippen LogP contribution in [0.25, 0.3) is 0 Å². The third-order valence-electron chi connectivity index (χ3n) is 5.78. The molecular formula is C23H23ClN2O6. The van der Waals surface area contributed by atoms with Crippen molar-refractivity contribution in [3.63, 3.8) is 0 Å². The van der Waals surface area contributed by atoms with Gasteiger partial charge in [0, 0.05) is 23.3 Å². The van der Waals surface area contributed by atoms with Gasteiger partial charge in [-0.2, -0.15) is 0 Å². The second-order valence-corrected chi connectivity index (χ2v) is 8.37. The Hall–Kier alpha value is -3.10. The van der Waals surface area contributed by atoms with Gasteiger partial charge in [0.25, 0.3) is 11.8 Å². The minimum Gasteiger partial charge on any atom is -0.490 e. The van der Waals surface area contributed by atoms with E-state index in [-0.39, 0.29) is 30.9 Å². The lowest BCUT2D eigenvalue weighted by Gasteiger charge is -2.42. The third-order valence-corrected chi connectivity index (χ3v) is 6.03. The summed E-state index contributed by atoms with van der Waals surface area (Å²) in [5.74, 6) is -1.10. The van der Waals surface area contributed by atoms with Crippen molar-refractivity contribution in [2.24, 2.45) is 0 Å². The summed E-state index contributed by atoms with van der Waals surface area (Å²) in [4.78, 5) is 38.4. The number of aliphatic carboxylic acids is 1. The normalized spacial score (nSPS) is 22.6. The molecule has 2 amide bonds. The van der Waals surface area contributed by atoms with E-state index in [0.29, 0.717) is 40.4 Å². The number of nitrogens with one attached hydrogen (secondary N) is 1. The monoisotopic (exact) mass is 458 g/mol. The van der Waals surface area contributed by atoms with Crippen LogP contribution in [0.1, 0.15) is 40.0 Å². The van der Waals surface area contributed by atoms with E-state index in [2.05, 4.69) is 5.32 Å². The molecule has 2 aliphatic heterocycles. The molecule has 2 heterocycles. The van der Waals surface area contributed by atoms with Crippen LogP contribution in [0.2, 0.25) is 5.02 Å². The Kier molecular flexibility index (Phi) is 6.34. The van der Waals surface area contributed by atoms with Crippen LogP contribution < -0.4 is 10.1 Å². The molecule has 168 valence electrons. The lowest BCUT2D eigenvalue weighted by Crippen LogP contribution is -2.53. The Bertz CT molecular complexity index is 1040. The molecule has 1 fully saturated rings. The van der Waals surface area contributed by atoms with Crippen molar-refractivity contribution >= 4 is 35.1 Å². The number of likely N-dealkylation sites (N-methyl/N-ethyl adjacent to an activating group) is 1. The van der Waals surface area contributed by atoms with E-state index in [0.717, 1.165) is 0 Å². The Balaban J connectivity index is 1.53. The van der Waals surface area contributed by atoms with Crippen LogP contribution in [0, 0.1) is 0 Å². The van der Waals surface area contributed by atoms with Gasteiger partial charge in [0.2, 0.25) is 0 Å². The molecule has 3 atom stereocenters. The molecule has 2 N–H and O–H groups in total. The number of carboxylic acids is 1. The lowest BCUT2D eigenvalue weighted by atomic mass is 9.94. The Morgan fingerprint density at radius 3 is 2.66 bits per heavy atom. The Morgan fingerprint density at radius 2 is 1.94 bits per heavy atom. The van der Waals surface area contributed by atoms with Crippen LogP contribution in [0.4, 0.5) is 5.69 Å². The summed E-state index contributed by atoms with van der Waals surface area (Å²) >= 11 is 5.87. The number of ether oxygens (including phenoxy) is 2. The molecule has 8 nitrogen and oxygen atoms in total. The number of halogens is 1. The van der Waals surface area contributed by atoms with Crippen molar-refractivity contribution in [2.75, 3.05) is 19.0 Å². The number of hydrogen-bond acceptors (Lipinski definition) is 5. The highest BCUT2D eigenvalue weighted by molar-refractivity contribution is 6.30. The molecule has 4 rings (SSSR count). The molecule has 0 aliphatic carbocycles. The van der Waals surface area contributed by atoms with E-state index in [1.54, 1.807) is 54.4 Å². The summed E-state index contributed by atoms with van der Waals surface area (Å²) in [5.41, 5.74) is 1.25. The molecule has 0 bridgehead atoms. The van der Waals surface area contributed by atoms with Gasteiger partial charge in [-0.15, -0.1) is 0 Å². The number of benzene rings is 2. The van der Waals surface area contributed by atoms with E-state index < -0.39 is 18.2 Å². The fraction of sp³-hybridized carbons (Fsp3) is 0.348. The fourth-order valence-corrected chi connectivity index (χ4v) is 4.23. The number of carboxylic acid groups (broad SMARTS) is 1. The molecule has 2 aliphatic rings. The molecule has 0 aromatic heterocycles. The molecule has 0 spiro atoms. The molecule has 0 unspecified atom stereocenters. The molecular weight excluding hydrogens is 436 g/mol. The molecule has 2 aromatic carbocycles. The van der Waals surface area contributed by atoms with Gasteiger partial charge in [0.15, 0.2) is 0 Å². The highest BCUT2D eigenvalue weighted by Gasteiger charge is 2.39. The minimum absolute atomic E-state index is 0.0753. The first-order valence-corrected chi connectivity index (χ1v) is 10.7. The van der Waals surface area contributed by atoms with Gasteiger partial charge in [0.05, 0.1) is 24.1 Å². The molecule has 1 saturated heterocycles. The summed E-state index contributed by atoms with van der Waals surface area (Å²) in [6, 6.07) is 11.2. The van der Waals surface area contributed by atoms with Gasteiger partial charge in [0.1, 0.15) is 18.5 Å². The Morgan fingerprint density at radius 1 is 1.19 bits per heavy atom. The maximum Gasteiger partial charge on any atom is 0.305 e. The number of amides is 2. The zero-order chi connectivity index (χ0) is 22.8. The highest BCUT2D eigenvalue weighted by atomic mass is 35.5. The largest absolute Gasteiger partial charge is 0.490 e. The average molecular weight is 459 g/mol. The maximum absolute atomic E-state index is 13.2. The van der Waals surface area contributed by atoms with Gasteiger partial charge >= 0.3 is 5.97 Å². The van der Waals surface area contributed by atoms with E-state index in [1.165, 1.54) is 0 Å². The summed E-state index contributed by atoms with van der Waals surface area (Å²) < 4.78 is 11.8. The minimum atomic E-state index is -0.914. The van der Waals surface area contributed by atoms with Crippen LogP contribution in [0.15, 0.2) is 42.5 Å². The van der Waals surface area contributed by atoms with Crippen molar-refractivity contribution in [2.45, 2.75) is 37.5 Å². The number of carbonyl (C=O) groups is 3. The van der Waals surface area contributed by atoms with Crippen molar-refractivity contribution in [3.05, 3.63) is 58.6 Å². The smallest absolute Gasteiger partial charge is 0.305 e. The second-order valence-electron chi connectivity index (χ2n) is 7.94. The second kappa shape index (κ2) is 9.18. The van der Waals surface area contributed by atoms with E-state index in [4.69, 9.17) is 26.2 Å². The highest BCUT2D eigenvalue weighted by Crippen LogP contribution is 2.32. The third kappa shape index (κ3) is 4.71. The number of fused-ring (bicyclic) bond motifs is 2. The van der Waals surface area contributed by atoms with Crippen molar-refractivity contribution < 1.29 is 29.0 Å². The van der Waals surface area contributed by atoms with Gasteiger partial charge in [-0.25, -0.2) is 0 Å². The molecule has 0 radical (unpaired) electrons. The SMILES string of the molecule is CN1C(=O)c2cc(NC(=O)c3ccc(Cl)cc3)ccc2OC[C@@H]2O[C@H](CC(=O)O)CC[C@H]21. The molecule has 0 saturated carbocycles. The van der Waals surface area contributed by atoms with Crippen LogP contribution in [-0.4, -0.2) is 59.7 Å². The number of carbonyl (C=O) groups excluding carboxylic acids is 2. The number of nitrogens with zero attached hydrogens (tertiary/aromatic N) is 1. The van der Waals surface area contributed by atoms with E-state index >= 15 is 0 Å². The molecule has 9 heteroatoms. The summed E-state index contributed by atoms with van der Waals surface area (Å²) in [6.07, 6.45) is 0.282. The first-order chi connectivity index (χ1) is 15.3. The predicted octanol–water partition coefficient (Wildman–Crippen LogP) is 3.45. The average Bonchev–Trinajstić information content (AvgIpc) is 2.76. The zero-order valence-electron chi connectivity index (χ0n) is 17.4. The number of rotatable bonds is 4. The van der Waals surface area contributed by atoms with Crippen LogP contribution in [0.5, 0.6) is 5.75 Å². The first kappa shape index (κ1) is 22.1. The van der Waals surface area contributed by atoms with Gasteiger partial charge in [-0.1, -0.05) is 11.6 Å². The van der Waals surface area contributed by atoms with E-state index in [1.807, 2.05) is 0 Å². The van der Waals surface area contributed by atoms with Gasteiger partial charge in [-0.05, 0) is 55.3 Å². The van der Waals surface area contributed by atoms with E-state index in [9.17, 15) is 14.4 Å². The summed E-state index contributed by atoms with van der Waals surface area (Å²) in [5, 5.41) is 12.4. The van der Waals surface area contributed by atoms with Crippen molar-refractivity contribution in [1.82, 2.24) is 4.90 Å². The van der Waals surface area contributed by atoms with Crippen LogP contribution in [0.3, 0.4) is 0 Å². The topological polar surface area (TPSA) is 105 Å². The quantitative estimate of drug-likeness (QED) is 0.727. The van der Waals surface area contributed by atoms with Gasteiger partial charge in [-0.3, -0.25) is 14.4 Å². The maximum atomic E-state index is 13.2. The van der Waals surface area contributed by atoms with Crippen LogP contribution >= 0.6 is 11.6 Å².